The lowest BCUT2D eigenvalue weighted by atomic mass is 10.2. The number of nitrogens with two attached hydrogens (primary N) is 1. The number of carbonyl (C=O) groups is 1. The van der Waals surface area contributed by atoms with E-state index in [4.69, 9.17) is 5.73 Å². The van der Waals surface area contributed by atoms with Crippen molar-refractivity contribution in [2.24, 2.45) is 5.73 Å². The summed E-state index contributed by atoms with van der Waals surface area (Å²) >= 11 is 1.42. The third kappa shape index (κ3) is 4.29. The maximum atomic E-state index is 11.7. The van der Waals surface area contributed by atoms with Gasteiger partial charge in [-0.2, -0.15) is 0 Å². The Balaban J connectivity index is 2.24. The lowest BCUT2D eigenvalue weighted by molar-refractivity contribution is 0.253. The molecule has 1 aromatic carbocycles. The number of thiazole rings is 1. The largest absolute Gasteiger partial charge is 0.351 e. The zero-order chi connectivity index (χ0) is 17.2. The van der Waals surface area contributed by atoms with Gasteiger partial charge in [0, 0.05) is 17.3 Å². The molecule has 0 unspecified atom stereocenters. The quantitative estimate of drug-likeness (QED) is 0.894. The molecule has 0 aliphatic heterocycles. The maximum Gasteiger partial charge on any atom is 0.321 e. The molecule has 0 fully saturated rings. The highest BCUT2D eigenvalue weighted by Crippen LogP contribution is 2.29. The summed E-state index contributed by atoms with van der Waals surface area (Å²) < 4.78 is 22.9. The summed E-state index contributed by atoms with van der Waals surface area (Å²) in [6.45, 7) is 4.34. The predicted molar refractivity (Wildman–Crippen MR) is 91.5 cm³/mol. The Bertz CT molecular complexity index is 796. The van der Waals surface area contributed by atoms with E-state index < -0.39 is 15.9 Å². The molecule has 0 aliphatic rings. The summed E-state index contributed by atoms with van der Waals surface area (Å²) in [5.74, 6) is 0.324. The van der Waals surface area contributed by atoms with Crippen LogP contribution in [0.2, 0.25) is 0 Å². The van der Waals surface area contributed by atoms with Crippen molar-refractivity contribution in [1.82, 2.24) is 4.98 Å². The van der Waals surface area contributed by atoms with Crippen molar-refractivity contribution in [2.45, 2.75) is 31.2 Å². The van der Waals surface area contributed by atoms with Crippen LogP contribution in [0, 0.1) is 0 Å². The monoisotopic (exact) mass is 353 g/mol. The Hall–Kier alpha value is -1.93. The zero-order valence-corrected chi connectivity index (χ0v) is 14.8. The van der Waals surface area contributed by atoms with Crippen LogP contribution in [0.15, 0.2) is 35.4 Å². The minimum Gasteiger partial charge on any atom is -0.351 e. The van der Waals surface area contributed by atoms with Gasteiger partial charge in [0.15, 0.2) is 15.0 Å². The average molecular weight is 353 g/mol. The van der Waals surface area contributed by atoms with Crippen molar-refractivity contribution in [2.75, 3.05) is 11.2 Å². The molecule has 2 aromatic rings. The second-order valence-corrected chi connectivity index (χ2v) is 8.60. The minimum atomic E-state index is -3.24. The van der Waals surface area contributed by atoms with Gasteiger partial charge in [0.1, 0.15) is 0 Å². The Labute approximate surface area is 139 Å². The molecule has 0 aliphatic carbocycles. The van der Waals surface area contributed by atoms with Gasteiger partial charge in [-0.05, 0) is 23.6 Å². The second kappa shape index (κ2) is 6.67. The molecule has 0 radical (unpaired) electrons. The van der Waals surface area contributed by atoms with Crippen molar-refractivity contribution in [3.63, 3.8) is 0 Å². The van der Waals surface area contributed by atoms with E-state index in [-0.39, 0.29) is 11.4 Å². The zero-order valence-electron chi connectivity index (χ0n) is 13.2. The van der Waals surface area contributed by atoms with Crippen molar-refractivity contribution in [1.29, 1.82) is 0 Å². The number of nitrogens with zero attached hydrogens (tertiary/aromatic N) is 2. The van der Waals surface area contributed by atoms with Crippen LogP contribution in [-0.4, -0.2) is 25.7 Å². The van der Waals surface area contributed by atoms with Gasteiger partial charge in [0.25, 0.3) is 0 Å². The van der Waals surface area contributed by atoms with Crippen molar-refractivity contribution in [3.8, 4) is 0 Å². The van der Waals surface area contributed by atoms with Crippen molar-refractivity contribution >= 4 is 32.3 Å². The smallest absolute Gasteiger partial charge is 0.321 e. The number of urea groups is 1. The summed E-state index contributed by atoms with van der Waals surface area (Å²) in [5.41, 5.74) is 6.23. The number of sulfone groups is 1. The summed E-state index contributed by atoms with van der Waals surface area (Å²) in [6.07, 6.45) is 2.90. The number of rotatable bonds is 5. The fourth-order valence-corrected chi connectivity index (χ4v) is 3.49. The first-order valence-corrected chi connectivity index (χ1v) is 9.71. The highest BCUT2D eigenvalue weighted by atomic mass is 32.2. The lowest BCUT2D eigenvalue weighted by Crippen LogP contribution is -2.35. The normalized spacial score (nSPS) is 11.7. The van der Waals surface area contributed by atoms with Crippen molar-refractivity contribution < 1.29 is 13.2 Å². The highest BCUT2D eigenvalue weighted by molar-refractivity contribution is 7.90. The first-order chi connectivity index (χ1) is 10.7. The standard InChI is InChI=1S/C15H19N3O3S2/c1-10(2)13-8-17-15(22-13)18(14(16)19)9-11-4-6-12(7-5-11)23(3,20)21/h4-8,10H,9H2,1-3H3,(H2,16,19). The molecule has 2 rings (SSSR count). The fraction of sp³-hybridized carbons (Fsp3) is 0.333. The van der Waals surface area contributed by atoms with Gasteiger partial charge >= 0.3 is 6.03 Å². The van der Waals surface area contributed by atoms with E-state index in [1.54, 1.807) is 18.3 Å². The Morgan fingerprint density at radius 3 is 2.35 bits per heavy atom. The van der Waals surface area contributed by atoms with Gasteiger partial charge in [0.05, 0.1) is 11.4 Å². The molecule has 0 spiro atoms. The SMILES string of the molecule is CC(C)c1cnc(N(Cc2ccc(S(C)(=O)=O)cc2)C(N)=O)s1. The van der Waals surface area contributed by atoms with E-state index in [1.165, 1.54) is 28.4 Å². The Kier molecular flexibility index (Phi) is 5.06. The summed E-state index contributed by atoms with van der Waals surface area (Å²) in [6, 6.07) is 5.78. The van der Waals surface area contributed by atoms with Gasteiger partial charge in [0.2, 0.25) is 0 Å². The van der Waals surface area contributed by atoms with Crippen LogP contribution in [0.5, 0.6) is 0 Å². The molecule has 0 saturated heterocycles. The topological polar surface area (TPSA) is 93.4 Å². The number of aromatic nitrogens is 1. The average Bonchev–Trinajstić information content (AvgIpc) is 2.93. The van der Waals surface area contributed by atoms with Crippen LogP contribution in [-0.2, 0) is 16.4 Å². The third-order valence-electron chi connectivity index (χ3n) is 3.27. The molecule has 0 saturated carbocycles. The Morgan fingerprint density at radius 2 is 1.91 bits per heavy atom. The molecule has 8 heteroatoms. The van der Waals surface area contributed by atoms with Crippen LogP contribution in [0.25, 0.3) is 0 Å². The molecule has 6 nitrogen and oxygen atoms in total. The molecule has 1 heterocycles. The molecule has 124 valence electrons. The van der Waals surface area contributed by atoms with E-state index in [2.05, 4.69) is 18.8 Å². The van der Waals surface area contributed by atoms with E-state index in [0.29, 0.717) is 11.0 Å². The number of carbonyl (C=O) groups excluding carboxylic acids is 1. The van der Waals surface area contributed by atoms with Gasteiger partial charge in [-0.3, -0.25) is 4.90 Å². The van der Waals surface area contributed by atoms with Gasteiger partial charge in [-0.1, -0.05) is 26.0 Å². The molecule has 2 N–H and O–H groups in total. The van der Waals surface area contributed by atoms with Crippen LogP contribution in [0.3, 0.4) is 0 Å². The molecule has 23 heavy (non-hydrogen) atoms. The molecular weight excluding hydrogens is 334 g/mol. The van der Waals surface area contributed by atoms with E-state index in [1.807, 2.05) is 0 Å². The first kappa shape index (κ1) is 17.4. The van der Waals surface area contributed by atoms with E-state index in [0.717, 1.165) is 16.7 Å². The van der Waals surface area contributed by atoms with E-state index >= 15 is 0 Å². The summed E-state index contributed by atoms with van der Waals surface area (Å²) in [4.78, 5) is 18.7. The highest BCUT2D eigenvalue weighted by Gasteiger charge is 2.18. The third-order valence-corrected chi connectivity index (χ3v) is 5.72. The molecule has 0 bridgehead atoms. The number of primary amides is 1. The number of anilines is 1. The number of benzene rings is 1. The van der Waals surface area contributed by atoms with Crippen LogP contribution in [0.4, 0.5) is 9.93 Å². The van der Waals surface area contributed by atoms with Crippen LogP contribution < -0.4 is 10.6 Å². The van der Waals surface area contributed by atoms with Gasteiger partial charge in [-0.25, -0.2) is 18.2 Å². The molecule has 0 atom stereocenters. The second-order valence-electron chi connectivity index (χ2n) is 5.54. The molecule has 2 amide bonds. The summed E-state index contributed by atoms with van der Waals surface area (Å²) in [5, 5.41) is 0.536. The number of hydrogen-bond acceptors (Lipinski definition) is 5. The van der Waals surface area contributed by atoms with E-state index in [9.17, 15) is 13.2 Å². The minimum absolute atomic E-state index is 0.239. The summed E-state index contributed by atoms with van der Waals surface area (Å²) in [7, 11) is -3.24. The number of amides is 2. The first-order valence-electron chi connectivity index (χ1n) is 7.00. The van der Waals surface area contributed by atoms with Gasteiger partial charge in [-0.15, -0.1) is 11.3 Å². The molecule has 1 aromatic heterocycles. The van der Waals surface area contributed by atoms with Crippen LogP contribution >= 0.6 is 11.3 Å². The fourth-order valence-electron chi connectivity index (χ4n) is 1.93. The Morgan fingerprint density at radius 1 is 1.30 bits per heavy atom. The number of hydrogen-bond donors (Lipinski definition) is 1. The lowest BCUT2D eigenvalue weighted by Gasteiger charge is -2.17. The van der Waals surface area contributed by atoms with Crippen LogP contribution in [0.1, 0.15) is 30.2 Å². The molecular formula is C15H19N3O3S2. The predicted octanol–water partition coefficient (Wildman–Crippen LogP) is 2.76. The maximum absolute atomic E-state index is 11.7. The van der Waals surface area contributed by atoms with Gasteiger partial charge < -0.3 is 5.73 Å². The van der Waals surface area contributed by atoms with Crippen molar-refractivity contribution in [3.05, 3.63) is 40.9 Å².